The second kappa shape index (κ2) is 11.7. The van der Waals surface area contributed by atoms with Crippen LogP contribution >= 0.6 is 0 Å². The summed E-state index contributed by atoms with van der Waals surface area (Å²) in [6.45, 7) is 14.1. The molecule has 1 aromatic rings. The molecule has 1 aromatic carbocycles. The highest BCUT2D eigenvalue weighted by molar-refractivity contribution is 5.79. The van der Waals surface area contributed by atoms with Crippen LogP contribution < -0.4 is 5.32 Å². The first-order chi connectivity index (χ1) is 15.3. The maximum absolute atomic E-state index is 12.8. The molecule has 2 aliphatic rings. The highest BCUT2D eigenvalue weighted by Crippen LogP contribution is 2.24. The average molecular weight is 444 g/mol. The Balaban J connectivity index is 1.47. The minimum absolute atomic E-state index is 0.0416. The number of carbonyl (C=O) groups excluding carboxylic acids is 2. The van der Waals surface area contributed by atoms with Gasteiger partial charge in [0.05, 0.1) is 6.61 Å². The summed E-state index contributed by atoms with van der Waals surface area (Å²) in [4.78, 5) is 29.2. The minimum atomic E-state index is -0.257. The van der Waals surface area contributed by atoms with Crippen LogP contribution in [-0.4, -0.2) is 54.6 Å². The lowest BCUT2D eigenvalue weighted by Gasteiger charge is -2.35. The fourth-order valence-electron chi connectivity index (χ4n) is 5.03. The molecule has 0 aliphatic carbocycles. The van der Waals surface area contributed by atoms with Crippen molar-refractivity contribution in [2.45, 2.75) is 60.0 Å². The Kier molecular flexibility index (Phi) is 8.97. The molecule has 32 heavy (non-hydrogen) atoms. The molecule has 2 amide bonds. The van der Waals surface area contributed by atoms with Gasteiger partial charge in [-0.1, -0.05) is 52.0 Å². The van der Waals surface area contributed by atoms with Crippen LogP contribution in [0.4, 0.5) is 4.79 Å². The summed E-state index contributed by atoms with van der Waals surface area (Å²) in [5.41, 5.74) is 2.50. The summed E-state index contributed by atoms with van der Waals surface area (Å²) in [5, 5.41) is 3.16. The van der Waals surface area contributed by atoms with Gasteiger partial charge in [-0.25, -0.2) is 4.79 Å². The van der Waals surface area contributed by atoms with Gasteiger partial charge in [-0.3, -0.25) is 9.69 Å². The van der Waals surface area contributed by atoms with E-state index in [4.69, 9.17) is 4.74 Å². The van der Waals surface area contributed by atoms with E-state index in [0.29, 0.717) is 45.0 Å². The third-order valence-electron chi connectivity index (χ3n) is 6.57. The summed E-state index contributed by atoms with van der Waals surface area (Å²) < 4.78 is 5.32. The highest BCUT2D eigenvalue weighted by Gasteiger charge is 2.28. The Bertz CT molecular complexity index is 748. The van der Waals surface area contributed by atoms with Crippen LogP contribution in [-0.2, 0) is 22.6 Å². The van der Waals surface area contributed by atoms with E-state index in [1.54, 1.807) is 4.90 Å². The number of hydrogen-bond acceptors (Lipinski definition) is 4. The molecule has 1 N–H and O–H groups in total. The predicted octanol–water partition coefficient (Wildman–Crippen LogP) is 4.29. The summed E-state index contributed by atoms with van der Waals surface area (Å²) in [5.74, 6) is 1.85. The highest BCUT2D eigenvalue weighted by atomic mass is 16.6. The summed E-state index contributed by atoms with van der Waals surface area (Å²) >= 11 is 0. The zero-order chi connectivity index (χ0) is 23.1. The maximum Gasteiger partial charge on any atom is 0.409 e. The molecular weight excluding hydrogens is 402 g/mol. The molecular formula is C26H41N3O3. The average Bonchev–Trinajstić information content (AvgIpc) is 2.76. The van der Waals surface area contributed by atoms with Gasteiger partial charge in [0.1, 0.15) is 0 Å². The first kappa shape index (κ1) is 24.6. The van der Waals surface area contributed by atoms with Gasteiger partial charge >= 0.3 is 6.09 Å². The van der Waals surface area contributed by atoms with Crippen molar-refractivity contribution in [3.8, 4) is 0 Å². The summed E-state index contributed by atoms with van der Waals surface area (Å²) in [7, 11) is 0. The molecule has 3 rings (SSSR count). The molecule has 6 nitrogen and oxygen atoms in total. The number of benzene rings is 1. The molecule has 2 unspecified atom stereocenters. The Morgan fingerprint density at radius 1 is 1.06 bits per heavy atom. The third kappa shape index (κ3) is 7.22. The Morgan fingerprint density at radius 3 is 2.31 bits per heavy atom. The first-order valence-electron chi connectivity index (χ1n) is 12.3. The van der Waals surface area contributed by atoms with Crippen molar-refractivity contribution < 1.29 is 14.3 Å². The molecule has 2 heterocycles. The van der Waals surface area contributed by atoms with E-state index in [2.05, 4.69) is 42.3 Å². The molecule has 2 aliphatic heterocycles. The molecule has 2 atom stereocenters. The zero-order valence-electron chi connectivity index (χ0n) is 20.3. The number of likely N-dealkylation sites (tertiary alicyclic amines) is 2. The number of carbonyl (C=O) groups is 2. The molecule has 0 spiro atoms. The monoisotopic (exact) mass is 443 g/mol. The molecule has 0 aromatic heterocycles. The normalized spacial score (nSPS) is 22.7. The number of hydrogen-bond donors (Lipinski definition) is 1. The smallest absolute Gasteiger partial charge is 0.409 e. The van der Waals surface area contributed by atoms with Crippen LogP contribution in [0.5, 0.6) is 0 Å². The number of ether oxygens (including phenoxy) is 1. The van der Waals surface area contributed by atoms with Crippen molar-refractivity contribution in [1.82, 2.24) is 15.1 Å². The number of amides is 2. The van der Waals surface area contributed by atoms with Crippen molar-refractivity contribution in [3.63, 3.8) is 0 Å². The molecule has 0 saturated carbocycles. The second-order valence-electron chi connectivity index (χ2n) is 10.4. The topological polar surface area (TPSA) is 61.9 Å². The van der Waals surface area contributed by atoms with Crippen LogP contribution in [0.1, 0.15) is 58.1 Å². The number of nitrogens with one attached hydrogen (secondary N) is 1. The van der Waals surface area contributed by atoms with Gasteiger partial charge in [-0.05, 0) is 48.1 Å². The van der Waals surface area contributed by atoms with E-state index in [1.807, 2.05) is 19.9 Å². The molecule has 2 fully saturated rings. The van der Waals surface area contributed by atoms with Crippen LogP contribution in [0.15, 0.2) is 24.3 Å². The molecule has 0 radical (unpaired) electrons. The second-order valence-corrected chi connectivity index (χ2v) is 10.4. The van der Waals surface area contributed by atoms with E-state index < -0.39 is 0 Å². The van der Waals surface area contributed by atoms with E-state index in [0.717, 1.165) is 31.5 Å². The van der Waals surface area contributed by atoms with Gasteiger partial charge in [-0.15, -0.1) is 0 Å². The first-order valence-corrected chi connectivity index (χ1v) is 12.3. The van der Waals surface area contributed by atoms with E-state index in [9.17, 15) is 9.59 Å². The van der Waals surface area contributed by atoms with Gasteiger partial charge in [0, 0.05) is 45.2 Å². The lowest BCUT2D eigenvalue weighted by atomic mass is 9.91. The fraction of sp³-hybridized carbons (Fsp3) is 0.692. The predicted molar refractivity (Wildman–Crippen MR) is 127 cm³/mol. The van der Waals surface area contributed by atoms with Gasteiger partial charge in [0.15, 0.2) is 0 Å². The number of piperidine rings is 2. The van der Waals surface area contributed by atoms with Gasteiger partial charge in [0.2, 0.25) is 5.91 Å². The van der Waals surface area contributed by atoms with Crippen LogP contribution in [0.2, 0.25) is 0 Å². The van der Waals surface area contributed by atoms with Crippen molar-refractivity contribution in [2.24, 2.45) is 23.7 Å². The third-order valence-corrected chi connectivity index (χ3v) is 6.57. The molecule has 178 valence electrons. The molecule has 6 heteroatoms. The van der Waals surface area contributed by atoms with Gasteiger partial charge < -0.3 is 15.0 Å². The number of rotatable bonds is 7. The minimum Gasteiger partial charge on any atom is -0.449 e. The lowest BCUT2D eigenvalue weighted by Crippen LogP contribution is -2.43. The summed E-state index contributed by atoms with van der Waals surface area (Å²) in [6, 6.07) is 8.45. The SMILES string of the molecule is CC(C)COC(=O)N1CCC(C(=O)NCc2ccccc2CN2CC(C)CC(C)C2)CC1. The fourth-order valence-corrected chi connectivity index (χ4v) is 5.03. The van der Waals surface area contributed by atoms with E-state index >= 15 is 0 Å². The summed E-state index contributed by atoms with van der Waals surface area (Å²) in [6.07, 6.45) is 2.43. The van der Waals surface area contributed by atoms with Crippen molar-refractivity contribution in [1.29, 1.82) is 0 Å². The lowest BCUT2D eigenvalue weighted by molar-refractivity contribution is -0.126. The zero-order valence-corrected chi connectivity index (χ0v) is 20.3. The van der Waals surface area contributed by atoms with Crippen molar-refractivity contribution in [3.05, 3.63) is 35.4 Å². The maximum atomic E-state index is 12.8. The Labute approximate surface area is 193 Å². The Morgan fingerprint density at radius 2 is 1.69 bits per heavy atom. The quantitative estimate of drug-likeness (QED) is 0.683. The molecule has 2 saturated heterocycles. The largest absolute Gasteiger partial charge is 0.449 e. The van der Waals surface area contributed by atoms with Crippen molar-refractivity contribution in [2.75, 3.05) is 32.8 Å². The van der Waals surface area contributed by atoms with E-state index in [-0.39, 0.29) is 17.9 Å². The molecule has 0 bridgehead atoms. The van der Waals surface area contributed by atoms with Crippen molar-refractivity contribution >= 4 is 12.0 Å². The van der Waals surface area contributed by atoms with Crippen LogP contribution in [0.3, 0.4) is 0 Å². The van der Waals surface area contributed by atoms with E-state index in [1.165, 1.54) is 17.5 Å². The van der Waals surface area contributed by atoms with Gasteiger partial charge in [0.25, 0.3) is 0 Å². The van der Waals surface area contributed by atoms with Crippen LogP contribution in [0.25, 0.3) is 0 Å². The van der Waals surface area contributed by atoms with Crippen LogP contribution in [0, 0.1) is 23.7 Å². The standard InChI is InChI=1S/C26H41N3O3/c1-19(2)18-32-26(31)29-11-9-22(10-12-29)25(30)27-14-23-7-5-6-8-24(23)17-28-15-20(3)13-21(4)16-28/h5-8,19-22H,9-18H2,1-4H3,(H,27,30). The Hall–Kier alpha value is -2.08. The van der Waals surface area contributed by atoms with Gasteiger partial charge in [-0.2, -0.15) is 0 Å². The number of nitrogens with zero attached hydrogens (tertiary/aromatic N) is 2.